The van der Waals surface area contributed by atoms with Crippen molar-refractivity contribution in [3.8, 4) is 11.3 Å². The lowest BCUT2D eigenvalue weighted by Crippen LogP contribution is -1.94. The lowest BCUT2D eigenvalue weighted by molar-refractivity contribution is 0.771. The lowest BCUT2D eigenvalue weighted by Gasteiger charge is -2.01. The van der Waals surface area contributed by atoms with Crippen LogP contribution in [0, 0.1) is 0 Å². The van der Waals surface area contributed by atoms with Crippen LogP contribution in [0.1, 0.15) is 0 Å². The highest BCUT2D eigenvalue weighted by Gasteiger charge is 2.02. The summed E-state index contributed by atoms with van der Waals surface area (Å²) in [5, 5.41) is 4.27. The zero-order chi connectivity index (χ0) is 10.1. The van der Waals surface area contributed by atoms with Crippen molar-refractivity contribution >= 4 is 11.4 Å². The van der Waals surface area contributed by atoms with Gasteiger partial charge < -0.3 is 11.5 Å². The van der Waals surface area contributed by atoms with E-state index in [1.807, 2.05) is 31.4 Å². The quantitative estimate of drug-likeness (QED) is 0.662. The number of hydrogen-bond donors (Lipinski definition) is 2. The molecule has 0 radical (unpaired) electrons. The lowest BCUT2D eigenvalue weighted by atomic mass is 10.1. The molecule has 14 heavy (non-hydrogen) atoms. The SMILES string of the molecule is Cn1ccc(-c2ccc(N)c(N)c2)n1. The predicted octanol–water partition coefficient (Wildman–Crippen LogP) is 1.25. The molecule has 4 heteroatoms. The number of nitrogens with zero attached hydrogens (tertiary/aromatic N) is 2. The fraction of sp³-hybridized carbons (Fsp3) is 0.100. The van der Waals surface area contributed by atoms with Gasteiger partial charge >= 0.3 is 0 Å². The highest BCUT2D eigenvalue weighted by Crippen LogP contribution is 2.23. The van der Waals surface area contributed by atoms with Crippen LogP contribution in [-0.4, -0.2) is 9.78 Å². The molecule has 0 aliphatic heterocycles. The Kier molecular flexibility index (Phi) is 1.89. The van der Waals surface area contributed by atoms with Crippen LogP contribution in [0.5, 0.6) is 0 Å². The second kappa shape index (κ2) is 3.06. The Morgan fingerprint density at radius 2 is 1.93 bits per heavy atom. The second-order valence-electron chi connectivity index (χ2n) is 3.22. The molecule has 0 bridgehead atoms. The van der Waals surface area contributed by atoms with E-state index in [0.29, 0.717) is 11.4 Å². The van der Waals surface area contributed by atoms with Crippen molar-refractivity contribution < 1.29 is 0 Å². The minimum absolute atomic E-state index is 0.591. The molecule has 0 saturated heterocycles. The van der Waals surface area contributed by atoms with Gasteiger partial charge in [0.1, 0.15) is 0 Å². The van der Waals surface area contributed by atoms with E-state index in [1.165, 1.54) is 0 Å². The first kappa shape index (κ1) is 8.62. The Morgan fingerprint density at radius 1 is 1.14 bits per heavy atom. The highest BCUT2D eigenvalue weighted by molar-refractivity contribution is 5.72. The monoisotopic (exact) mass is 188 g/mol. The van der Waals surface area contributed by atoms with Gasteiger partial charge in [0.2, 0.25) is 0 Å². The second-order valence-corrected chi connectivity index (χ2v) is 3.22. The van der Waals surface area contributed by atoms with E-state index < -0.39 is 0 Å². The molecule has 0 aliphatic rings. The summed E-state index contributed by atoms with van der Waals surface area (Å²) in [4.78, 5) is 0. The standard InChI is InChI=1S/C10H12N4/c1-14-5-4-10(13-14)7-2-3-8(11)9(12)6-7/h2-6H,11-12H2,1H3. The van der Waals surface area contributed by atoms with Gasteiger partial charge in [0.15, 0.2) is 0 Å². The third kappa shape index (κ3) is 1.42. The van der Waals surface area contributed by atoms with Gasteiger partial charge in [-0.3, -0.25) is 4.68 Å². The summed E-state index contributed by atoms with van der Waals surface area (Å²) in [5.74, 6) is 0. The molecular formula is C10H12N4. The van der Waals surface area contributed by atoms with Gasteiger partial charge in [-0.15, -0.1) is 0 Å². The van der Waals surface area contributed by atoms with Crippen molar-refractivity contribution in [3.63, 3.8) is 0 Å². The maximum Gasteiger partial charge on any atom is 0.0923 e. The Hall–Kier alpha value is -1.97. The van der Waals surface area contributed by atoms with E-state index in [-0.39, 0.29) is 0 Å². The molecule has 1 aromatic heterocycles. The maximum atomic E-state index is 5.71. The highest BCUT2D eigenvalue weighted by atomic mass is 15.2. The third-order valence-corrected chi connectivity index (χ3v) is 2.10. The summed E-state index contributed by atoms with van der Waals surface area (Å²) in [6.45, 7) is 0. The van der Waals surface area contributed by atoms with Crippen molar-refractivity contribution in [2.45, 2.75) is 0 Å². The molecule has 4 nitrogen and oxygen atoms in total. The molecule has 4 N–H and O–H groups in total. The van der Waals surface area contributed by atoms with Crippen LogP contribution in [0.3, 0.4) is 0 Å². The van der Waals surface area contributed by atoms with E-state index in [0.717, 1.165) is 11.3 Å². The van der Waals surface area contributed by atoms with Crippen LogP contribution in [0.2, 0.25) is 0 Å². The van der Waals surface area contributed by atoms with Crippen LogP contribution >= 0.6 is 0 Å². The van der Waals surface area contributed by atoms with Crippen molar-refractivity contribution in [1.82, 2.24) is 9.78 Å². The summed E-state index contributed by atoms with van der Waals surface area (Å²) >= 11 is 0. The zero-order valence-corrected chi connectivity index (χ0v) is 7.94. The summed E-state index contributed by atoms with van der Waals surface area (Å²) in [5.41, 5.74) is 14.4. The topological polar surface area (TPSA) is 69.9 Å². The van der Waals surface area contributed by atoms with Gasteiger partial charge in [0.25, 0.3) is 0 Å². The molecular weight excluding hydrogens is 176 g/mol. The van der Waals surface area contributed by atoms with E-state index in [4.69, 9.17) is 11.5 Å². The molecule has 2 rings (SSSR count). The summed E-state index contributed by atoms with van der Waals surface area (Å²) in [6, 6.07) is 7.47. The predicted molar refractivity (Wildman–Crippen MR) is 57.5 cm³/mol. The summed E-state index contributed by atoms with van der Waals surface area (Å²) < 4.78 is 1.75. The fourth-order valence-corrected chi connectivity index (χ4v) is 1.30. The van der Waals surface area contributed by atoms with E-state index in [9.17, 15) is 0 Å². The average Bonchev–Trinajstić information content (AvgIpc) is 2.57. The van der Waals surface area contributed by atoms with E-state index in [1.54, 1.807) is 10.7 Å². The van der Waals surface area contributed by atoms with E-state index >= 15 is 0 Å². The molecule has 0 unspecified atom stereocenters. The van der Waals surface area contributed by atoms with Crippen molar-refractivity contribution in [2.75, 3.05) is 11.5 Å². The van der Waals surface area contributed by atoms with Gasteiger partial charge in [0, 0.05) is 18.8 Å². The number of benzene rings is 1. The Morgan fingerprint density at radius 3 is 2.50 bits per heavy atom. The minimum atomic E-state index is 0.591. The maximum absolute atomic E-state index is 5.71. The van der Waals surface area contributed by atoms with Gasteiger partial charge in [-0.2, -0.15) is 5.10 Å². The van der Waals surface area contributed by atoms with Gasteiger partial charge in [0.05, 0.1) is 17.1 Å². The number of aryl methyl sites for hydroxylation is 1. The fourth-order valence-electron chi connectivity index (χ4n) is 1.30. The van der Waals surface area contributed by atoms with Gasteiger partial charge in [-0.05, 0) is 18.2 Å². The van der Waals surface area contributed by atoms with Crippen LogP contribution in [-0.2, 0) is 7.05 Å². The Bertz CT molecular complexity index is 459. The Labute approximate surface area is 82.1 Å². The molecule has 2 aromatic rings. The van der Waals surface area contributed by atoms with Crippen LogP contribution in [0.15, 0.2) is 30.5 Å². The number of aromatic nitrogens is 2. The van der Waals surface area contributed by atoms with Crippen LogP contribution in [0.4, 0.5) is 11.4 Å². The van der Waals surface area contributed by atoms with Crippen molar-refractivity contribution in [2.24, 2.45) is 7.05 Å². The smallest absolute Gasteiger partial charge is 0.0923 e. The summed E-state index contributed by atoms with van der Waals surface area (Å²) in [6.07, 6.45) is 1.89. The largest absolute Gasteiger partial charge is 0.397 e. The molecule has 0 amide bonds. The molecule has 0 aliphatic carbocycles. The molecule has 72 valence electrons. The minimum Gasteiger partial charge on any atom is -0.397 e. The molecule has 0 spiro atoms. The number of nitrogens with two attached hydrogens (primary N) is 2. The number of hydrogen-bond acceptors (Lipinski definition) is 3. The van der Waals surface area contributed by atoms with Crippen molar-refractivity contribution in [1.29, 1.82) is 0 Å². The number of nitrogen functional groups attached to an aromatic ring is 2. The third-order valence-electron chi connectivity index (χ3n) is 2.10. The number of anilines is 2. The first-order valence-electron chi connectivity index (χ1n) is 4.32. The first-order valence-corrected chi connectivity index (χ1v) is 4.32. The molecule has 1 heterocycles. The molecule has 0 fully saturated rings. The summed E-state index contributed by atoms with van der Waals surface area (Å²) in [7, 11) is 1.88. The molecule has 0 atom stereocenters. The molecule has 1 aromatic carbocycles. The van der Waals surface area contributed by atoms with Gasteiger partial charge in [-0.1, -0.05) is 6.07 Å². The van der Waals surface area contributed by atoms with Gasteiger partial charge in [-0.25, -0.2) is 0 Å². The average molecular weight is 188 g/mol. The van der Waals surface area contributed by atoms with Crippen molar-refractivity contribution in [3.05, 3.63) is 30.5 Å². The Balaban J connectivity index is 2.47. The number of rotatable bonds is 1. The zero-order valence-electron chi connectivity index (χ0n) is 7.94. The van der Waals surface area contributed by atoms with Crippen LogP contribution < -0.4 is 11.5 Å². The van der Waals surface area contributed by atoms with E-state index in [2.05, 4.69) is 5.10 Å². The normalized spacial score (nSPS) is 10.4. The van der Waals surface area contributed by atoms with Crippen LogP contribution in [0.25, 0.3) is 11.3 Å². The molecule has 0 saturated carbocycles. The first-order chi connectivity index (χ1) is 6.66.